The Hall–Kier alpha value is -3.20. The molecule has 0 atom stereocenters. The van der Waals surface area contributed by atoms with E-state index in [2.05, 4.69) is 25.2 Å². The first-order valence-electron chi connectivity index (χ1n) is 12.2. The summed E-state index contributed by atoms with van der Waals surface area (Å²) in [4.78, 5) is 39.1. The van der Waals surface area contributed by atoms with Crippen LogP contribution in [-0.4, -0.2) is 62.4 Å². The molecule has 194 valence electrons. The molecule has 1 amide bonds. The zero-order valence-corrected chi connectivity index (χ0v) is 22.8. The normalized spacial score (nSPS) is 16.1. The molecule has 2 N–H and O–H groups in total. The summed E-state index contributed by atoms with van der Waals surface area (Å²) >= 11 is 1.36. The summed E-state index contributed by atoms with van der Waals surface area (Å²) in [7, 11) is -2.03. The molecule has 1 aliphatic heterocycles. The molecule has 0 radical (unpaired) electrons. The van der Waals surface area contributed by atoms with Gasteiger partial charge in [-0.3, -0.25) is 0 Å². The van der Waals surface area contributed by atoms with Gasteiger partial charge in [0, 0.05) is 11.6 Å². The first-order chi connectivity index (χ1) is 17.7. The number of pyridine rings is 1. The molecule has 1 saturated heterocycles. The summed E-state index contributed by atoms with van der Waals surface area (Å²) in [6.07, 6.45) is 5.18. The summed E-state index contributed by atoms with van der Waals surface area (Å²) in [6, 6.07) is 10.0. The van der Waals surface area contributed by atoms with Crippen LogP contribution >= 0.6 is 18.8 Å². The SMILES string of the molecule is CC(C)n1cnc(-c2ccc(F)cc2)c1-c1nc(C(=O)Nc2ccc(N3CC[PH](C)(O)CC3)cn2)cs1. The Balaban J connectivity index is 1.33. The Morgan fingerprint density at radius 2 is 1.86 bits per heavy atom. The van der Waals surface area contributed by atoms with Gasteiger partial charge in [0.25, 0.3) is 0 Å². The van der Waals surface area contributed by atoms with Gasteiger partial charge in [-0.25, -0.2) is 9.37 Å². The Morgan fingerprint density at radius 3 is 2.51 bits per heavy atom. The van der Waals surface area contributed by atoms with Gasteiger partial charge in [0.05, 0.1) is 12.0 Å². The molecule has 1 fully saturated rings. The van der Waals surface area contributed by atoms with Gasteiger partial charge >= 0.3 is 133 Å². The van der Waals surface area contributed by atoms with Gasteiger partial charge in [-0.15, -0.1) is 0 Å². The minimum absolute atomic E-state index is 0.119. The molecule has 1 aromatic carbocycles. The van der Waals surface area contributed by atoms with Crippen LogP contribution in [0.1, 0.15) is 30.4 Å². The van der Waals surface area contributed by atoms with Crippen LogP contribution in [0.2, 0.25) is 0 Å². The second kappa shape index (κ2) is 10.3. The fourth-order valence-electron chi connectivity index (χ4n) is 4.34. The number of amides is 1. The van der Waals surface area contributed by atoms with Crippen LogP contribution in [0.4, 0.5) is 15.9 Å². The van der Waals surface area contributed by atoms with E-state index in [4.69, 9.17) is 0 Å². The van der Waals surface area contributed by atoms with Crippen molar-refractivity contribution in [2.24, 2.45) is 0 Å². The molecule has 37 heavy (non-hydrogen) atoms. The average molecular weight is 541 g/mol. The number of halogens is 1. The van der Waals surface area contributed by atoms with E-state index in [1.807, 2.05) is 31.1 Å². The van der Waals surface area contributed by atoms with Crippen molar-refractivity contribution in [3.63, 3.8) is 0 Å². The molecule has 3 aromatic heterocycles. The third-order valence-corrected chi connectivity index (χ3v) is 10.1. The van der Waals surface area contributed by atoms with Crippen LogP contribution in [0.15, 0.2) is 54.3 Å². The number of carbonyl (C=O) groups excluding carboxylic acids is 1. The number of hydrogen-bond acceptors (Lipinski definition) is 7. The first kappa shape index (κ1) is 25.4. The Labute approximate surface area is 219 Å². The van der Waals surface area contributed by atoms with Crippen LogP contribution in [0, 0.1) is 5.82 Å². The predicted octanol–water partition coefficient (Wildman–Crippen LogP) is 5.15. The zero-order chi connectivity index (χ0) is 26.2. The summed E-state index contributed by atoms with van der Waals surface area (Å²) < 4.78 is 15.5. The zero-order valence-electron chi connectivity index (χ0n) is 21.0. The van der Waals surface area contributed by atoms with Gasteiger partial charge in [-0.1, -0.05) is 0 Å². The van der Waals surface area contributed by atoms with E-state index in [-0.39, 0.29) is 23.5 Å². The monoisotopic (exact) mass is 540 g/mol. The number of rotatable bonds is 6. The molecule has 0 aliphatic carbocycles. The van der Waals surface area contributed by atoms with Gasteiger partial charge < -0.3 is 4.57 Å². The number of nitrogens with zero attached hydrogens (tertiary/aromatic N) is 5. The van der Waals surface area contributed by atoms with Gasteiger partial charge in [-0.05, 0) is 38.1 Å². The van der Waals surface area contributed by atoms with Gasteiger partial charge in [0.2, 0.25) is 0 Å². The van der Waals surface area contributed by atoms with Crippen LogP contribution in [0.5, 0.6) is 0 Å². The molecule has 0 bridgehead atoms. The first-order valence-corrected chi connectivity index (χ1v) is 16.0. The third-order valence-electron chi connectivity index (χ3n) is 6.60. The fourth-order valence-corrected chi connectivity index (χ4v) is 6.95. The van der Waals surface area contributed by atoms with Crippen molar-refractivity contribution in [1.82, 2.24) is 19.5 Å². The quantitative estimate of drug-likeness (QED) is 0.329. The van der Waals surface area contributed by atoms with Crippen molar-refractivity contribution >= 4 is 36.2 Å². The minimum atomic E-state index is -2.03. The number of imidazole rings is 1. The topological polar surface area (TPSA) is 96.2 Å². The van der Waals surface area contributed by atoms with Crippen molar-refractivity contribution in [2.45, 2.75) is 19.9 Å². The van der Waals surface area contributed by atoms with E-state index in [0.29, 0.717) is 16.5 Å². The number of thiazole rings is 1. The second-order valence-corrected chi connectivity index (χ2v) is 14.7. The van der Waals surface area contributed by atoms with Gasteiger partial charge in [0.1, 0.15) is 11.5 Å². The number of hydrogen-bond donors (Lipinski definition) is 2. The third kappa shape index (κ3) is 5.56. The molecule has 11 heteroatoms. The fraction of sp³-hybridized carbons (Fsp3) is 0.308. The summed E-state index contributed by atoms with van der Waals surface area (Å²) in [5.74, 6) is -0.211. The molecule has 0 spiro atoms. The average Bonchev–Trinajstić information content (AvgIpc) is 3.53. The second-order valence-electron chi connectivity index (χ2n) is 9.83. The van der Waals surface area contributed by atoms with E-state index in [1.54, 1.807) is 36.1 Å². The molecular formula is C26H30FN6O2PS. The summed E-state index contributed by atoms with van der Waals surface area (Å²) in [5.41, 5.74) is 3.52. The van der Waals surface area contributed by atoms with Crippen LogP contribution in [-0.2, 0) is 0 Å². The number of aromatic nitrogens is 4. The standard InChI is InChI=1S/C26H30FN6O2PS/c1-17(2)33-16-29-23(18-4-6-19(27)7-5-18)24(33)26-30-21(15-37-26)25(34)31-22-9-8-20(14-28-22)32-10-12-36(3,35)13-11-32/h4-9,14-17,35-36H,10-13H2,1-3H3,(H,28,31,34). The van der Waals surface area contributed by atoms with Crippen molar-refractivity contribution in [2.75, 3.05) is 42.3 Å². The van der Waals surface area contributed by atoms with Gasteiger partial charge in [0.15, 0.2) is 0 Å². The van der Waals surface area contributed by atoms with Crippen LogP contribution in [0.3, 0.4) is 0 Å². The molecule has 4 heterocycles. The number of benzene rings is 1. The van der Waals surface area contributed by atoms with Crippen LogP contribution < -0.4 is 10.2 Å². The molecule has 0 unspecified atom stereocenters. The van der Waals surface area contributed by atoms with E-state index >= 15 is 0 Å². The molecule has 0 saturated carbocycles. The van der Waals surface area contributed by atoms with E-state index in [1.165, 1.54) is 23.5 Å². The molecule has 5 rings (SSSR count). The predicted molar refractivity (Wildman–Crippen MR) is 150 cm³/mol. The Kier molecular flexibility index (Phi) is 7.07. The summed E-state index contributed by atoms with van der Waals surface area (Å²) in [5, 5.41) is 5.20. The number of carbonyl (C=O) groups is 1. The molecular weight excluding hydrogens is 510 g/mol. The maximum absolute atomic E-state index is 13.5. The van der Waals surface area contributed by atoms with Crippen molar-refractivity contribution < 1.29 is 14.1 Å². The van der Waals surface area contributed by atoms with Crippen molar-refractivity contribution in [3.05, 3.63) is 65.8 Å². The van der Waals surface area contributed by atoms with Gasteiger partial charge in [-0.2, -0.15) is 0 Å². The van der Waals surface area contributed by atoms with Crippen molar-refractivity contribution in [1.29, 1.82) is 0 Å². The number of anilines is 2. The Morgan fingerprint density at radius 1 is 1.14 bits per heavy atom. The molecule has 4 aromatic rings. The van der Waals surface area contributed by atoms with E-state index in [9.17, 15) is 14.1 Å². The van der Waals surface area contributed by atoms with E-state index < -0.39 is 7.49 Å². The summed E-state index contributed by atoms with van der Waals surface area (Å²) in [6.45, 7) is 7.74. The maximum atomic E-state index is 13.5. The number of nitrogens with one attached hydrogen (secondary N) is 1. The van der Waals surface area contributed by atoms with E-state index in [0.717, 1.165) is 42.4 Å². The molecule has 8 nitrogen and oxygen atoms in total. The van der Waals surface area contributed by atoms with Crippen molar-refractivity contribution in [3.8, 4) is 22.0 Å². The van der Waals surface area contributed by atoms with Crippen LogP contribution in [0.25, 0.3) is 22.0 Å². The molecule has 1 aliphatic rings. The Bertz CT molecular complexity index is 1390.